The number of rotatable bonds is 7. The molecule has 0 bridgehead atoms. The Labute approximate surface area is 171 Å². The van der Waals surface area contributed by atoms with E-state index in [0.717, 1.165) is 22.1 Å². The normalized spacial score (nSPS) is 12.4. The molecule has 2 aromatic heterocycles. The largest absolute Gasteiger partial charge is 0.505 e. The number of nitrogens with zero attached hydrogens (tertiary/aromatic N) is 2. The molecule has 5 nitrogen and oxygen atoms in total. The van der Waals surface area contributed by atoms with Crippen LogP contribution in [-0.2, 0) is 4.74 Å². The van der Waals surface area contributed by atoms with Crippen LogP contribution in [0.3, 0.4) is 0 Å². The molecule has 1 atom stereocenters. The van der Waals surface area contributed by atoms with Crippen LogP contribution in [0.4, 0.5) is 5.82 Å². The lowest BCUT2D eigenvalue weighted by atomic mass is 9.95. The van der Waals surface area contributed by atoms with Crippen LogP contribution in [0.25, 0.3) is 10.9 Å². The molecule has 0 aliphatic rings. The zero-order valence-electron chi connectivity index (χ0n) is 16.9. The zero-order valence-corrected chi connectivity index (χ0v) is 16.9. The third-order valence-corrected chi connectivity index (χ3v) is 4.76. The van der Waals surface area contributed by atoms with Crippen molar-refractivity contribution in [1.82, 2.24) is 9.97 Å². The van der Waals surface area contributed by atoms with E-state index in [2.05, 4.69) is 28.4 Å². The first kappa shape index (κ1) is 20.1. The summed E-state index contributed by atoms with van der Waals surface area (Å²) in [6.45, 7) is 12.0. The predicted octanol–water partition coefficient (Wildman–Crippen LogP) is 5.46. The van der Waals surface area contributed by atoms with E-state index in [4.69, 9.17) is 4.74 Å². The van der Waals surface area contributed by atoms with E-state index in [9.17, 15) is 5.11 Å². The molecule has 2 heterocycles. The van der Waals surface area contributed by atoms with E-state index >= 15 is 0 Å². The van der Waals surface area contributed by atoms with Gasteiger partial charge in [-0.25, -0.2) is 4.98 Å². The van der Waals surface area contributed by atoms with E-state index in [0.29, 0.717) is 22.7 Å². The van der Waals surface area contributed by atoms with Crippen LogP contribution in [0.5, 0.6) is 5.75 Å². The Balaban J connectivity index is 2.08. The van der Waals surface area contributed by atoms with Crippen molar-refractivity contribution in [2.75, 3.05) is 12.4 Å². The van der Waals surface area contributed by atoms with Gasteiger partial charge in [-0.3, -0.25) is 4.98 Å². The molecule has 0 spiro atoms. The van der Waals surface area contributed by atoms with Crippen LogP contribution in [0.1, 0.15) is 24.1 Å². The van der Waals surface area contributed by atoms with Crippen molar-refractivity contribution in [2.45, 2.75) is 19.9 Å². The van der Waals surface area contributed by atoms with Crippen molar-refractivity contribution >= 4 is 16.7 Å². The molecule has 0 aliphatic heterocycles. The highest BCUT2D eigenvalue weighted by molar-refractivity contribution is 5.86. The Kier molecular flexibility index (Phi) is 5.98. The van der Waals surface area contributed by atoms with Gasteiger partial charge in [0.05, 0.1) is 13.2 Å². The van der Waals surface area contributed by atoms with Crippen LogP contribution >= 0.6 is 0 Å². The number of hydrogen-bond acceptors (Lipinski definition) is 5. The topological polar surface area (TPSA) is 67.3 Å². The Hall–Kier alpha value is -3.60. The summed E-state index contributed by atoms with van der Waals surface area (Å²) in [6.07, 6.45) is 5.30. The minimum absolute atomic E-state index is 0.117. The number of phenolic OH excluding ortho intramolecular Hbond substituents is 1. The number of phenols is 1. The van der Waals surface area contributed by atoms with E-state index in [1.807, 2.05) is 56.3 Å². The van der Waals surface area contributed by atoms with E-state index < -0.39 is 6.04 Å². The van der Waals surface area contributed by atoms with Crippen molar-refractivity contribution in [2.24, 2.45) is 0 Å². The van der Waals surface area contributed by atoms with Gasteiger partial charge < -0.3 is 15.2 Å². The Morgan fingerprint density at radius 2 is 1.97 bits per heavy atom. The van der Waals surface area contributed by atoms with Crippen molar-refractivity contribution < 1.29 is 9.84 Å². The van der Waals surface area contributed by atoms with Crippen LogP contribution in [-0.4, -0.2) is 22.2 Å². The zero-order chi connectivity index (χ0) is 21.0. The maximum atomic E-state index is 11.0. The minimum Gasteiger partial charge on any atom is -0.505 e. The summed E-state index contributed by atoms with van der Waals surface area (Å²) >= 11 is 0. The van der Waals surface area contributed by atoms with Crippen molar-refractivity contribution in [3.05, 3.63) is 96.1 Å². The number of nitrogens with one attached hydrogen (secondary N) is 1. The standard InChI is InChI=1S/C24H25N3O2/c1-15-10-12-25-21(13-15)27-22(17(3)14-16(2)18(4)29-5)20-9-8-19-7-6-11-26-23(19)24(20)28/h6-14,22,28H,3-4H2,1-2,5H3,(H,25,27)/b16-14-. The first-order valence-electron chi connectivity index (χ1n) is 9.27. The summed E-state index contributed by atoms with van der Waals surface area (Å²) in [4.78, 5) is 8.73. The number of methoxy groups -OCH3 is 1. The number of aromatic hydroxyl groups is 1. The summed E-state index contributed by atoms with van der Waals surface area (Å²) in [5, 5.41) is 15.2. The summed E-state index contributed by atoms with van der Waals surface area (Å²) in [7, 11) is 1.58. The quantitative estimate of drug-likeness (QED) is 0.416. The number of hydrogen-bond donors (Lipinski definition) is 2. The molecule has 1 unspecified atom stereocenters. The van der Waals surface area contributed by atoms with Crippen LogP contribution in [0, 0.1) is 6.92 Å². The molecule has 148 valence electrons. The van der Waals surface area contributed by atoms with Gasteiger partial charge in [0.1, 0.15) is 22.8 Å². The average Bonchev–Trinajstić information content (AvgIpc) is 2.72. The number of fused-ring (bicyclic) bond motifs is 1. The lowest BCUT2D eigenvalue weighted by molar-refractivity contribution is 0.302. The van der Waals surface area contributed by atoms with Crippen molar-refractivity contribution in [3.8, 4) is 5.75 Å². The number of anilines is 1. The molecule has 0 aliphatic carbocycles. The maximum absolute atomic E-state index is 11.0. The number of pyridine rings is 2. The molecule has 2 N–H and O–H groups in total. The molecular weight excluding hydrogens is 362 g/mol. The second kappa shape index (κ2) is 8.61. The van der Waals surface area contributed by atoms with Gasteiger partial charge >= 0.3 is 0 Å². The summed E-state index contributed by atoms with van der Waals surface area (Å²) in [5.74, 6) is 1.36. The summed E-state index contributed by atoms with van der Waals surface area (Å²) < 4.78 is 5.22. The fraction of sp³-hybridized carbons (Fsp3) is 0.167. The first-order chi connectivity index (χ1) is 13.9. The first-order valence-corrected chi connectivity index (χ1v) is 9.27. The van der Waals surface area contributed by atoms with E-state index in [1.54, 1.807) is 19.5 Å². The monoisotopic (exact) mass is 387 g/mol. The second-order valence-corrected chi connectivity index (χ2v) is 6.90. The fourth-order valence-corrected chi connectivity index (χ4v) is 3.11. The molecule has 3 aromatic rings. The van der Waals surface area contributed by atoms with Crippen molar-refractivity contribution in [1.29, 1.82) is 0 Å². The molecular formula is C24H25N3O2. The smallest absolute Gasteiger partial charge is 0.147 e. The molecule has 29 heavy (non-hydrogen) atoms. The Bertz CT molecular complexity index is 1100. The minimum atomic E-state index is -0.421. The number of allylic oxidation sites excluding steroid dienone is 1. The molecule has 0 amide bonds. The van der Waals surface area contributed by atoms with Gasteiger partial charge in [0, 0.05) is 23.3 Å². The molecule has 5 heteroatoms. The Morgan fingerprint density at radius 1 is 1.17 bits per heavy atom. The van der Waals surface area contributed by atoms with Gasteiger partial charge in [0.15, 0.2) is 0 Å². The molecule has 3 rings (SSSR count). The SMILES string of the molecule is C=C(OC)/C(C)=C\C(=C)C(Nc1cc(C)ccn1)c1ccc2cccnc2c1O. The van der Waals surface area contributed by atoms with Gasteiger partial charge in [0.2, 0.25) is 0 Å². The van der Waals surface area contributed by atoms with Crippen LogP contribution < -0.4 is 5.32 Å². The third kappa shape index (κ3) is 4.46. The lowest BCUT2D eigenvalue weighted by Gasteiger charge is -2.23. The fourth-order valence-electron chi connectivity index (χ4n) is 3.11. The number of aromatic nitrogens is 2. The highest BCUT2D eigenvalue weighted by Gasteiger charge is 2.21. The highest BCUT2D eigenvalue weighted by Crippen LogP contribution is 2.36. The number of aryl methyl sites for hydroxylation is 1. The number of ether oxygens (including phenoxy) is 1. The van der Waals surface area contributed by atoms with Crippen LogP contribution in [0.15, 0.2) is 84.9 Å². The maximum Gasteiger partial charge on any atom is 0.147 e. The third-order valence-electron chi connectivity index (χ3n) is 4.76. The molecule has 0 radical (unpaired) electrons. The molecule has 0 saturated carbocycles. The predicted molar refractivity (Wildman–Crippen MR) is 118 cm³/mol. The second-order valence-electron chi connectivity index (χ2n) is 6.90. The average molecular weight is 387 g/mol. The van der Waals surface area contributed by atoms with Crippen LogP contribution in [0.2, 0.25) is 0 Å². The van der Waals surface area contributed by atoms with Gasteiger partial charge in [-0.05, 0) is 48.8 Å². The Morgan fingerprint density at radius 3 is 2.69 bits per heavy atom. The lowest BCUT2D eigenvalue weighted by Crippen LogP contribution is -2.14. The van der Waals surface area contributed by atoms with Gasteiger partial charge in [-0.2, -0.15) is 0 Å². The van der Waals surface area contributed by atoms with Gasteiger partial charge in [-0.1, -0.05) is 37.4 Å². The number of benzene rings is 1. The highest BCUT2D eigenvalue weighted by atomic mass is 16.5. The van der Waals surface area contributed by atoms with Gasteiger partial charge in [0.25, 0.3) is 0 Å². The molecule has 0 saturated heterocycles. The summed E-state index contributed by atoms with van der Waals surface area (Å²) in [5.41, 5.74) is 3.87. The molecule has 1 aromatic carbocycles. The summed E-state index contributed by atoms with van der Waals surface area (Å²) in [6, 6.07) is 11.0. The van der Waals surface area contributed by atoms with Crippen molar-refractivity contribution in [3.63, 3.8) is 0 Å². The van der Waals surface area contributed by atoms with E-state index in [1.165, 1.54) is 0 Å². The molecule has 0 fully saturated rings. The van der Waals surface area contributed by atoms with E-state index in [-0.39, 0.29) is 5.75 Å². The van der Waals surface area contributed by atoms with Gasteiger partial charge in [-0.15, -0.1) is 0 Å².